The third kappa shape index (κ3) is 2.47. The lowest BCUT2D eigenvalue weighted by Crippen LogP contribution is -2.06. The second-order valence-electron chi connectivity index (χ2n) is 1.69. The Labute approximate surface area is 72.4 Å². The minimum absolute atomic E-state index is 0.185. The van der Waals surface area contributed by atoms with E-state index in [4.69, 9.17) is 11.1 Å². The number of aromatic nitrogens is 2. The summed E-state index contributed by atoms with van der Waals surface area (Å²) in [6.07, 6.45) is 0. The molecule has 0 aliphatic carbocycles. The van der Waals surface area contributed by atoms with Crippen molar-refractivity contribution in [2.45, 2.75) is 11.3 Å². The zero-order valence-corrected chi connectivity index (χ0v) is 7.63. The van der Waals surface area contributed by atoms with E-state index in [1.807, 2.05) is 6.92 Å². The number of nitrogen functional groups attached to an aromatic ring is 1. The molecule has 1 rings (SSSR count). The molecule has 0 saturated carbocycles. The molecule has 0 spiro atoms. The van der Waals surface area contributed by atoms with Crippen LogP contribution in [-0.2, 0) is 0 Å². The van der Waals surface area contributed by atoms with Gasteiger partial charge in [-0.2, -0.15) is 9.97 Å². The van der Waals surface area contributed by atoms with Gasteiger partial charge in [0.1, 0.15) is 0 Å². The van der Waals surface area contributed by atoms with Crippen molar-refractivity contribution in [2.75, 3.05) is 11.5 Å². The van der Waals surface area contributed by atoms with Gasteiger partial charge in [-0.25, -0.2) is 0 Å². The number of rotatable bonds is 2. The van der Waals surface area contributed by atoms with Crippen LogP contribution in [0.25, 0.3) is 0 Å². The lowest BCUT2D eigenvalue weighted by molar-refractivity contribution is 1.07. The average molecular weight is 188 g/mol. The Morgan fingerprint density at radius 1 is 1.64 bits per heavy atom. The number of thioether (sulfide) groups is 1. The van der Waals surface area contributed by atoms with Crippen molar-refractivity contribution in [1.29, 1.82) is 5.41 Å². The minimum atomic E-state index is 0.185. The smallest absolute Gasteiger partial charge is 0.224 e. The van der Waals surface area contributed by atoms with Crippen molar-refractivity contribution >= 4 is 29.0 Å². The van der Waals surface area contributed by atoms with Gasteiger partial charge in [-0.05, 0) is 5.75 Å². The molecule has 1 heterocycles. The Morgan fingerprint density at radius 2 is 2.36 bits per heavy atom. The molecule has 0 unspecified atom stereocenters. The van der Waals surface area contributed by atoms with Gasteiger partial charge < -0.3 is 5.73 Å². The highest BCUT2D eigenvalue weighted by atomic mass is 32.2. The van der Waals surface area contributed by atoms with E-state index in [0.29, 0.717) is 0 Å². The molecule has 60 valence electrons. The molecule has 4 nitrogen and oxygen atoms in total. The molecular weight excluding hydrogens is 180 g/mol. The summed E-state index contributed by atoms with van der Waals surface area (Å²) in [6, 6.07) is 0. The van der Waals surface area contributed by atoms with Crippen LogP contribution in [0.2, 0.25) is 0 Å². The van der Waals surface area contributed by atoms with E-state index in [1.54, 1.807) is 11.8 Å². The number of anilines is 1. The highest BCUT2D eigenvalue weighted by molar-refractivity contribution is 8.00. The van der Waals surface area contributed by atoms with Crippen LogP contribution >= 0.6 is 23.1 Å². The van der Waals surface area contributed by atoms with Gasteiger partial charge >= 0.3 is 0 Å². The summed E-state index contributed by atoms with van der Waals surface area (Å²) in [6.45, 7) is 2.03. The van der Waals surface area contributed by atoms with Gasteiger partial charge in [0.25, 0.3) is 0 Å². The van der Waals surface area contributed by atoms with Crippen molar-refractivity contribution in [3.05, 3.63) is 4.80 Å². The quantitative estimate of drug-likeness (QED) is 0.670. The van der Waals surface area contributed by atoms with E-state index >= 15 is 0 Å². The monoisotopic (exact) mass is 188 g/mol. The number of nitrogens with zero attached hydrogens (tertiary/aromatic N) is 2. The highest BCUT2D eigenvalue weighted by Gasteiger charge is 1.96. The van der Waals surface area contributed by atoms with Crippen LogP contribution < -0.4 is 10.5 Å². The van der Waals surface area contributed by atoms with E-state index in [2.05, 4.69) is 9.97 Å². The fraction of sp³-hybridized carbons (Fsp3) is 0.400. The highest BCUT2D eigenvalue weighted by Crippen LogP contribution is 2.16. The summed E-state index contributed by atoms with van der Waals surface area (Å²) in [4.78, 5) is 7.82. The van der Waals surface area contributed by atoms with Gasteiger partial charge in [0.05, 0.1) is 0 Å². The van der Waals surface area contributed by atoms with Gasteiger partial charge in [-0.3, -0.25) is 5.41 Å². The van der Waals surface area contributed by atoms with Crippen LogP contribution in [0.3, 0.4) is 0 Å². The summed E-state index contributed by atoms with van der Waals surface area (Å²) >= 11 is 2.81. The normalized spacial score (nSPS) is 9.91. The van der Waals surface area contributed by atoms with Crippen LogP contribution in [0.5, 0.6) is 0 Å². The average Bonchev–Trinajstić information content (AvgIpc) is 1.85. The zero-order valence-electron chi connectivity index (χ0n) is 6.00. The van der Waals surface area contributed by atoms with Crippen LogP contribution in [0, 0.1) is 5.41 Å². The lowest BCUT2D eigenvalue weighted by Gasteiger charge is -1.95. The van der Waals surface area contributed by atoms with E-state index in [-0.39, 0.29) is 10.7 Å². The Hall–Kier alpha value is -0.620. The molecule has 0 aromatic carbocycles. The second-order valence-corrected chi connectivity index (χ2v) is 4.18. The molecular formula is C5H8N4S2. The third-order valence-corrected chi connectivity index (χ3v) is 2.65. The number of nitrogens with two attached hydrogens (primary N) is 1. The minimum Gasteiger partial charge on any atom is -0.368 e. The first-order chi connectivity index (χ1) is 5.22. The van der Waals surface area contributed by atoms with E-state index in [1.165, 1.54) is 11.3 Å². The summed E-state index contributed by atoms with van der Waals surface area (Å²) < 4.78 is 0.810. The molecule has 0 fully saturated rings. The maximum Gasteiger partial charge on any atom is 0.224 e. The summed E-state index contributed by atoms with van der Waals surface area (Å²) in [7, 11) is 0. The molecule has 0 amide bonds. The van der Waals surface area contributed by atoms with Gasteiger partial charge in [-0.1, -0.05) is 30.0 Å². The molecule has 0 radical (unpaired) electrons. The van der Waals surface area contributed by atoms with E-state index in [0.717, 1.165) is 10.1 Å². The molecule has 0 aliphatic heterocycles. The molecule has 6 heteroatoms. The SMILES string of the molecule is CCSc1nc(N)nc(=N)s1. The lowest BCUT2D eigenvalue weighted by atomic mass is 11.0. The Morgan fingerprint density at radius 3 is 2.91 bits per heavy atom. The van der Waals surface area contributed by atoms with E-state index < -0.39 is 0 Å². The van der Waals surface area contributed by atoms with Gasteiger partial charge in [0.15, 0.2) is 4.34 Å². The maximum absolute atomic E-state index is 7.23. The van der Waals surface area contributed by atoms with Crippen molar-refractivity contribution in [3.63, 3.8) is 0 Å². The fourth-order valence-corrected chi connectivity index (χ4v) is 2.21. The summed E-state index contributed by atoms with van der Waals surface area (Å²) in [5, 5.41) is 7.23. The third-order valence-electron chi connectivity index (χ3n) is 0.874. The van der Waals surface area contributed by atoms with Crippen LogP contribution in [0.4, 0.5) is 5.95 Å². The first kappa shape index (κ1) is 8.48. The summed E-state index contributed by atoms with van der Waals surface area (Å²) in [5.74, 6) is 1.12. The zero-order chi connectivity index (χ0) is 8.27. The molecule has 0 saturated heterocycles. The number of nitrogens with one attached hydrogen (secondary N) is 1. The topological polar surface area (TPSA) is 75.7 Å². The number of hydrogen-bond acceptors (Lipinski definition) is 6. The van der Waals surface area contributed by atoms with Crippen molar-refractivity contribution in [2.24, 2.45) is 0 Å². The molecule has 0 aliphatic rings. The first-order valence-electron chi connectivity index (χ1n) is 3.04. The molecule has 3 N–H and O–H groups in total. The maximum atomic E-state index is 7.23. The van der Waals surface area contributed by atoms with Crippen LogP contribution in [0.15, 0.2) is 4.34 Å². The molecule has 0 atom stereocenters. The predicted molar refractivity (Wildman–Crippen MR) is 46.6 cm³/mol. The van der Waals surface area contributed by atoms with Gasteiger partial charge in [0.2, 0.25) is 10.7 Å². The first-order valence-corrected chi connectivity index (χ1v) is 4.84. The molecule has 11 heavy (non-hydrogen) atoms. The van der Waals surface area contributed by atoms with Crippen molar-refractivity contribution in [3.8, 4) is 0 Å². The Bertz CT molecular complexity index is 295. The molecule has 0 bridgehead atoms. The number of hydrogen-bond donors (Lipinski definition) is 2. The van der Waals surface area contributed by atoms with Gasteiger partial charge in [0, 0.05) is 0 Å². The second kappa shape index (κ2) is 3.68. The van der Waals surface area contributed by atoms with Crippen molar-refractivity contribution in [1.82, 2.24) is 9.97 Å². The standard InChI is InChI=1S/C5H8N4S2/c1-2-10-5-9-3(6)8-4(7)11-5/h2H2,1H3,(H3,6,7,8). The van der Waals surface area contributed by atoms with Crippen LogP contribution in [-0.4, -0.2) is 15.7 Å². The molecule has 1 aromatic heterocycles. The van der Waals surface area contributed by atoms with Crippen molar-refractivity contribution < 1.29 is 0 Å². The fourth-order valence-electron chi connectivity index (χ4n) is 0.536. The largest absolute Gasteiger partial charge is 0.368 e. The van der Waals surface area contributed by atoms with Gasteiger partial charge in [-0.15, -0.1) is 0 Å². The Kier molecular flexibility index (Phi) is 2.84. The van der Waals surface area contributed by atoms with E-state index in [9.17, 15) is 0 Å². The van der Waals surface area contributed by atoms with Crippen LogP contribution in [0.1, 0.15) is 6.92 Å². The predicted octanol–water partition coefficient (Wildman–Crippen LogP) is 0.712. The molecule has 1 aromatic rings. The Balaban J connectivity index is 2.99. The summed E-state index contributed by atoms with van der Waals surface area (Å²) in [5.41, 5.74) is 5.34.